The van der Waals surface area contributed by atoms with Gasteiger partial charge in [0.2, 0.25) is 0 Å². The molecular formula is C42H50N4O5. The predicted octanol–water partition coefficient (Wildman–Crippen LogP) is 4.99. The number of rotatable bonds is 4. The summed E-state index contributed by atoms with van der Waals surface area (Å²) in [5.74, 6) is 0.682. The maximum Gasteiger partial charge on any atom is 0.329 e. The molecule has 51 heavy (non-hydrogen) atoms. The second kappa shape index (κ2) is 10.9. The Hall–Kier alpha value is -3.82. The van der Waals surface area contributed by atoms with E-state index in [2.05, 4.69) is 89.0 Å². The summed E-state index contributed by atoms with van der Waals surface area (Å²) in [5, 5.41) is 0. The number of likely N-dealkylation sites (N-methyl/N-ethyl adjacent to an activating group) is 1. The lowest BCUT2D eigenvalue weighted by atomic mass is 9.49. The highest BCUT2D eigenvalue weighted by Crippen LogP contribution is 2.69. The minimum atomic E-state index is -0.565. The average Bonchev–Trinajstić information content (AvgIpc) is 3.60. The highest BCUT2D eigenvalue weighted by molar-refractivity contribution is 5.87. The molecule has 5 saturated heterocycles. The molecule has 10 rings (SSSR count). The molecule has 10 atom stereocenters. The highest BCUT2D eigenvalue weighted by atomic mass is 16.5. The normalized spacial score (nSPS) is 39.9. The number of fused-ring (bicyclic) bond motifs is 6. The van der Waals surface area contributed by atoms with Gasteiger partial charge in [-0.2, -0.15) is 0 Å². The number of benzene rings is 2. The average molecular weight is 691 g/mol. The number of nitrogens with zero attached hydrogens (tertiary/aromatic N) is 4. The van der Waals surface area contributed by atoms with Gasteiger partial charge in [-0.3, -0.25) is 14.6 Å². The van der Waals surface area contributed by atoms with Crippen molar-refractivity contribution in [2.24, 2.45) is 17.8 Å². The number of hydrogen-bond donors (Lipinski definition) is 0. The van der Waals surface area contributed by atoms with Crippen LogP contribution in [0.5, 0.6) is 5.75 Å². The van der Waals surface area contributed by atoms with Crippen molar-refractivity contribution in [3.05, 3.63) is 76.4 Å². The lowest BCUT2D eigenvalue weighted by Gasteiger charge is -2.65. The highest BCUT2D eigenvalue weighted by Gasteiger charge is 2.72. The number of esters is 2. The van der Waals surface area contributed by atoms with Crippen molar-refractivity contribution in [2.45, 2.75) is 80.6 Å². The van der Waals surface area contributed by atoms with Gasteiger partial charge < -0.3 is 24.0 Å². The topological polar surface area (TPSA) is 74.8 Å². The van der Waals surface area contributed by atoms with Crippen molar-refractivity contribution in [1.29, 1.82) is 0 Å². The summed E-state index contributed by atoms with van der Waals surface area (Å²) >= 11 is 0. The van der Waals surface area contributed by atoms with Crippen LogP contribution in [0.4, 0.5) is 11.4 Å². The first-order valence-corrected chi connectivity index (χ1v) is 19.1. The van der Waals surface area contributed by atoms with E-state index in [1.165, 1.54) is 29.4 Å². The third-order valence-electron chi connectivity index (χ3n) is 15.3. The molecule has 0 N–H and O–H groups in total. The number of methoxy groups -OCH3 is 3. The van der Waals surface area contributed by atoms with Crippen molar-refractivity contribution in [1.82, 2.24) is 9.80 Å². The standard InChI is InChI=1S/C42H50N4O5/c1-7-23-21-44-16-14-41-29-19-30(34(49-4)20-32(29)43(3)38(41)33(44)17-26(23)36(41)39(47)50-5)42-28-13-15-45-22-24(8-2)27(18-35(42)45)37(40(48)51-6)46(42)31-12-10-9-11-25(28)31/h7-12,19-20,26-28,33,35-38H,13-18,21-22H2,1-6H3/b23-7-,24-8-/t26?,27-,28?,33?,35?,36?,37?,38-,41-,42+/m0/s1. The fraction of sp³-hybridized carbons (Fsp3) is 0.571. The fourth-order valence-corrected chi connectivity index (χ4v) is 13.7. The summed E-state index contributed by atoms with van der Waals surface area (Å²) < 4.78 is 18.0. The molecular weight excluding hydrogens is 640 g/mol. The van der Waals surface area contributed by atoms with Gasteiger partial charge in [0.15, 0.2) is 0 Å². The lowest BCUT2D eigenvalue weighted by molar-refractivity contribution is -0.158. The van der Waals surface area contributed by atoms with Crippen LogP contribution in [0.25, 0.3) is 0 Å². The van der Waals surface area contributed by atoms with Gasteiger partial charge >= 0.3 is 11.9 Å². The van der Waals surface area contributed by atoms with Gasteiger partial charge in [0.25, 0.3) is 0 Å². The van der Waals surface area contributed by atoms with E-state index in [9.17, 15) is 9.59 Å². The second-order valence-corrected chi connectivity index (χ2v) is 16.4. The summed E-state index contributed by atoms with van der Waals surface area (Å²) in [7, 11) is 7.14. The molecule has 2 aromatic rings. The Labute approximate surface area is 301 Å². The van der Waals surface area contributed by atoms with Gasteiger partial charge in [0.05, 0.1) is 38.8 Å². The molecule has 9 nitrogen and oxygen atoms in total. The molecule has 5 bridgehead atoms. The van der Waals surface area contributed by atoms with Crippen molar-refractivity contribution in [3.63, 3.8) is 0 Å². The number of hydrogen-bond acceptors (Lipinski definition) is 9. The Morgan fingerprint density at radius 1 is 0.863 bits per heavy atom. The molecule has 9 heteroatoms. The van der Waals surface area contributed by atoms with E-state index in [1.54, 1.807) is 14.2 Å². The van der Waals surface area contributed by atoms with E-state index in [1.807, 2.05) is 0 Å². The zero-order valence-corrected chi connectivity index (χ0v) is 30.7. The number of carbonyl (C=O) groups is 2. The van der Waals surface area contributed by atoms with Crippen molar-refractivity contribution >= 4 is 23.3 Å². The van der Waals surface area contributed by atoms with Gasteiger partial charge in [-0.15, -0.1) is 0 Å². The molecule has 0 radical (unpaired) electrons. The molecule has 1 saturated carbocycles. The lowest BCUT2D eigenvalue weighted by Crippen LogP contribution is -2.74. The zero-order chi connectivity index (χ0) is 35.1. The SMILES string of the molecule is C/C=C1/CN2CC[C@@]34c5cc([C@]67C8CCN9C/C(=C/C)[C@H](CC96)C(C(=O)OC)N7c6ccccc68)c(OC)cc5N(C)[C@H]3C2CC1C4C(=O)OC. The Morgan fingerprint density at radius 3 is 2.35 bits per heavy atom. The number of allylic oxidation sites excluding steroid dienone is 2. The Kier molecular flexibility index (Phi) is 6.79. The Morgan fingerprint density at radius 2 is 1.61 bits per heavy atom. The fourth-order valence-electron chi connectivity index (χ4n) is 13.7. The monoisotopic (exact) mass is 690 g/mol. The quantitative estimate of drug-likeness (QED) is 0.326. The van der Waals surface area contributed by atoms with Gasteiger partial charge in [-0.1, -0.05) is 41.5 Å². The van der Waals surface area contributed by atoms with E-state index in [0.29, 0.717) is 6.04 Å². The molecule has 6 unspecified atom stereocenters. The maximum absolute atomic E-state index is 14.3. The van der Waals surface area contributed by atoms with Crippen LogP contribution in [0.15, 0.2) is 59.7 Å². The summed E-state index contributed by atoms with van der Waals surface area (Å²) in [5.41, 5.74) is 7.72. The molecule has 268 valence electrons. The Balaban J connectivity index is 1.27. The number of para-hydroxylation sites is 1. The smallest absolute Gasteiger partial charge is 0.329 e. The zero-order valence-electron chi connectivity index (χ0n) is 30.7. The predicted molar refractivity (Wildman–Crippen MR) is 195 cm³/mol. The number of ether oxygens (including phenoxy) is 3. The molecule has 0 amide bonds. The Bertz CT molecular complexity index is 1920. The van der Waals surface area contributed by atoms with E-state index >= 15 is 0 Å². The van der Waals surface area contributed by atoms with Crippen LogP contribution in [-0.2, 0) is 30.0 Å². The molecule has 0 aromatic heterocycles. The van der Waals surface area contributed by atoms with Gasteiger partial charge in [0, 0.05) is 72.5 Å². The van der Waals surface area contributed by atoms with Crippen LogP contribution in [0.2, 0.25) is 0 Å². The third-order valence-corrected chi connectivity index (χ3v) is 15.3. The first kappa shape index (κ1) is 31.9. The van der Waals surface area contributed by atoms with Crippen LogP contribution in [0.3, 0.4) is 0 Å². The van der Waals surface area contributed by atoms with Crippen LogP contribution in [0, 0.1) is 17.8 Å². The minimum Gasteiger partial charge on any atom is -0.496 e. The first-order valence-electron chi connectivity index (χ1n) is 19.1. The molecule has 7 heterocycles. The summed E-state index contributed by atoms with van der Waals surface area (Å²) in [6, 6.07) is 13.7. The summed E-state index contributed by atoms with van der Waals surface area (Å²) in [4.78, 5) is 38.9. The minimum absolute atomic E-state index is 0.0567. The molecule has 2 aromatic carbocycles. The van der Waals surface area contributed by atoms with E-state index in [4.69, 9.17) is 14.2 Å². The van der Waals surface area contributed by atoms with E-state index in [-0.39, 0.29) is 47.7 Å². The number of carbonyl (C=O) groups excluding carboxylic acids is 2. The molecule has 0 spiro atoms. The van der Waals surface area contributed by atoms with Crippen LogP contribution >= 0.6 is 0 Å². The third kappa shape index (κ3) is 3.60. The van der Waals surface area contributed by atoms with Crippen LogP contribution < -0.4 is 14.5 Å². The number of piperidine rings is 5. The van der Waals surface area contributed by atoms with Gasteiger partial charge in [0.1, 0.15) is 11.8 Å². The molecule has 8 aliphatic rings. The van der Waals surface area contributed by atoms with E-state index in [0.717, 1.165) is 74.6 Å². The largest absolute Gasteiger partial charge is 0.496 e. The molecule has 6 fully saturated rings. The second-order valence-electron chi connectivity index (χ2n) is 16.4. The molecule has 7 aliphatic heterocycles. The number of anilines is 2. The van der Waals surface area contributed by atoms with Crippen molar-refractivity contribution in [2.75, 3.05) is 64.4 Å². The van der Waals surface area contributed by atoms with Crippen molar-refractivity contribution in [3.8, 4) is 5.75 Å². The van der Waals surface area contributed by atoms with Crippen LogP contribution in [0.1, 0.15) is 62.1 Å². The summed E-state index contributed by atoms with van der Waals surface area (Å²) in [6.07, 6.45) is 8.22. The van der Waals surface area contributed by atoms with Crippen LogP contribution in [-0.4, -0.2) is 100 Å². The maximum atomic E-state index is 14.3. The van der Waals surface area contributed by atoms with E-state index < -0.39 is 17.0 Å². The summed E-state index contributed by atoms with van der Waals surface area (Å²) in [6.45, 7) is 7.99. The van der Waals surface area contributed by atoms with Gasteiger partial charge in [-0.05, 0) is 81.8 Å². The molecule has 1 aliphatic carbocycles. The van der Waals surface area contributed by atoms with Gasteiger partial charge in [-0.25, -0.2) is 4.79 Å². The van der Waals surface area contributed by atoms with Crippen molar-refractivity contribution < 1.29 is 23.8 Å². The first-order chi connectivity index (χ1) is 24.8.